The number of benzene rings is 2. The van der Waals surface area contributed by atoms with E-state index in [-0.39, 0.29) is 0 Å². The normalized spacial score (nSPS) is 9.20. The standard InChI is InChI=1S/C17H14N2O/c18-10-2-4-14-3-1-5-17(11-14)20-13-16-8-6-15(12-19)7-9-16/h1,3,5-9,11H,10,13,18H2. The molecule has 0 bridgehead atoms. The summed E-state index contributed by atoms with van der Waals surface area (Å²) in [5.41, 5.74) is 7.89. The fourth-order valence-electron chi connectivity index (χ4n) is 1.66. The Morgan fingerprint density at radius 1 is 1.05 bits per heavy atom. The molecule has 0 unspecified atom stereocenters. The van der Waals surface area contributed by atoms with Crippen LogP contribution in [0.3, 0.4) is 0 Å². The fraction of sp³-hybridized carbons (Fsp3) is 0.118. The minimum Gasteiger partial charge on any atom is -0.489 e. The van der Waals surface area contributed by atoms with Gasteiger partial charge >= 0.3 is 0 Å². The number of nitrogens with zero attached hydrogens (tertiary/aromatic N) is 1. The summed E-state index contributed by atoms with van der Waals surface area (Å²) < 4.78 is 5.70. The van der Waals surface area contributed by atoms with Gasteiger partial charge < -0.3 is 10.5 Å². The summed E-state index contributed by atoms with van der Waals surface area (Å²) >= 11 is 0. The van der Waals surface area contributed by atoms with Gasteiger partial charge in [-0.3, -0.25) is 0 Å². The lowest BCUT2D eigenvalue weighted by Gasteiger charge is -2.06. The molecule has 0 aliphatic heterocycles. The van der Waals surface area contributed by atoms with Crippen molar-refractivity contribution in [3.8, 4) is 23.7 Å². The minimum atomic E-state index is 0.344. The van der Waals surface area contributed by atoms with Gasteiger partial charge in [-0.1, -0.05) is 30.0 Å². The highest BCUT2D eigenvalue weighted by atomic mass is 16.5. The average Bonchev–Trinajstić information content (AvgIpc) is 2.52. The van der Waals surface area contributed by atoms with Crippen molar-refractivity contribution in [3.63, 3.8) is 0 Å². The number of rotatable bonds is 3. The van der Waals surface area contributed by atoms with Gasteiger partial charge in [-0.2, -0.15) is 5.26 Å². The zero-order chi connectivity index (χ0) is 14.2. The first kappa shape index (κ1) is 13.7. The molecule has 0 aliphatic carbocycles. The molecule has 98 valence electrons. The second kappa shape index (κ2) is 6.99. The van der Waals surface area contributed by atoms with Gasteiger partial charge in [0.15, 0.2) is 0 Å². The van der Waals surface area contributed by atoms with Crippen LogP contribution in [0.25, 0.3) is 0 Å². The molecule has 0 spiro atoms. The highest BCUT2D eigenvalue weighted by molar-refractivity contribution is 5.40. The van der Waals surface area contributed by atoms with Crippen molar-refractivity contribution >= 4 is 0 Å². The zero-order valence-electron chi connectivity index (χ0n) is 11.0. The third-order valence-corrected chi connectivity index (χ3v) is 2.66. The molecule has 3 heteroatoms. The molecule has 3 nitrogen and oxygen atoms in total. The Hall–Kier alpha value is -2.75. The van der Waals surface area contributed by atoms with Crippen molar-refractivity contribution in [1.82, 2.24) is 0 Å². The predicted octanol–water partition coefficient (Wildman–Crippen LogP) is 2.45. The van der Waals surface area contributed by atoms with Gasteiger partial charge in [-0.05, 0) is 35.9 Å². The highest BCUT2D eigenvalue weighted by Gasteiger charge is 1.98. The van der Waals surface area contributed by atoms with Crippen LogP contribution in [0.15, 0.2) is 48.5 Å². The van der Waals surface area contributed by atoms with Crippen molar-refractivity contribution in [2.75, 3.05) is 6.54 Å². The van der Waals surface area contributed by atoms with Crippen LogP contribution in [0.5, 0.6) is 5.75 Å². The van der Waals surface area contributed by atoms with E-state index in [1.165, 1.54) is 0 Å². The largest absolute Gasteiger partial charge is 0.489 e. The first-order valence-corrected chi connectivity index (χ1v) is 6.22. The lowest BCUT2D eigenvalue weighted by molar-refractivity contribution is 0.306. The van der Waals surface area contributed by atoms with Crippen LogP contribution in [-0.2, 0) is 6.61 Å². The van der Waals surface area contributed by atoms with E-state index in [0.717, 1.165) is 16.9 Å². The average molecular weight is 262 g/mol. The third kappa shape index (κ3) is 3.88. The van der Waals surface area contributed by atoms with E-state index >= 15 is 0 Å². The van der Waals surface area contributed by atoms with Crippen molar-refractivity contribution in [2.24, 2.45) is 5.73 Å². The molecule has 0 amide bonds. The Morgan fingerprint density at radius 2 is 1.85 bits per heavy atom. The van der Waals surface area contributed by atoms with Crippen LogP contribution in [0.1, 0.15) is 16.7 Å². The predicted molar refractivity (Wildman–Crippen MR) is 77.9 cm³/mol. The SMILES string of the molecule is N#Cc1ccc(COc2cccc(C#CCN)c2)cc1. The van der Waals surface area contributed by atoms with Crippen molar-refractivity contribution in [3.05, 3.63) is 65.2 Å². The number of nitriles is 1. The molecule has 0 fully saturated rings. The highest BCUT2D eigenvalue weighted by Crippen LogP contribution is 2.15. The molecule has 0 saturated carbocycles. The molecular weight excluding hydrogens is 248 g/mol. The molecule has 0 atom stereocenters. The molecule has 0 saturated heterocycles. The van der Waals surface area contributed by atoms with Crippen LogP contribution in [-0.4, -0.2) is 6.54 Å². The van der Waals surface area contributed by atoms with Crippen LogP contribution in [0, 0.1) is 23.2 Å². The second-order valence-corrected chi connectivity index (χ2v) is 4.13. The fourth-order valence-corrected chi connectivity index (χ4v) is 1.66. The van der Waals surface area contributed by atoms with Crippen molar-refractivity contribution in [2.45, 2.75) is 6.61 Å². The monoisotopic (exact) mass is 262 g/mol. The van der Waals surface area contributed by atoms with E-state index < -0.39 is 0 Å². The second-order valence-electron chi connectivity index (χ2n) is 4.13. The summed E-state index contributed by atoms with van der Waals surface area (Å²) in [5.74, 6) is 6.54. The van der Waals surface area contributed by atoms with Crippen LogP contribution in [0.2, 0.25) is 0 Å². The van der Waals surface area contributed by atoms with E-state index in [9.17, 15) is 0 Å². The molecule has 20 heavy (non-hydrogen) atoms. The van der Waals surface area contributed by atoms with E-state index in [1.807, 2.05) is 36.4 Å². The molecule has 0 aromatic heterocycles. The lowest BCUT2D eigenvalue weighted by atomic mass is 10.1. The smallest absolute Gasteiger partial charge is 0.121 e. The van der Waals surface area contributed by atoms with Gasteiger partial charge in [0.2, 0.25) is 0 Å². The number of hydrogen-bond donors (Lipinski definition) is 1. The van der Waals surface area contributed by atoms with Gasteiger partial charge in [0.1, 0.15) is 12.4 Å². The Bertz CT molecular complexity index is 673. The Balaban J connectivity index is 2.01. The van der Waals surface area contributed by atoms with Crippen LogP contribution >= 0.6 is 0 Å². The third-order valence-electron chi connectivity index (χ3n) is 2.66. The van der Waals surface area contributed by atoms with Crippen molar-refractivity contribution in [1.29, 1.82) is 5.26 Å². The summed E-state index contributed by atoms with van der Waals surface area (Å²) in [7, 11) is 0. The summed E-state index contributed by atoms with van der Waals surface area (Å²) in [6.07, 6.45) is 0. The first-order chi connectivity index (χ1) is 9.81. The maximum atomic E-state index is 8.73. The van der Waals surface area contributed by atoms with Gasteiger partial charge in [-0.25, -0.2) is 0 Å². The van der Waals surface area contributed by atoms with Gasteiger partial charge in [0.05, 0.1) is 18.2 Å². The number of hydrogen-bond acceptors (Lipinski definition) is 3. The van der Waals surface area contributed by atoms with Crippen LogP contribution < -0.4 is 10.5 Å². The molecule has 2 rings (SSSR count). The molecule has 0 heterocycles. The Morgan fingerprint density at radius 3 is 2.55 bits per heavy atom. The van der Waals surface area contributed by atoms with E-state index in [4.69, 9.17) is 15.7 Å². The zero-order valence-corrected chi connectivity index (χ0v) is 11.0. The lowest BCUT2D eigenvalue weighted by Crippen LogP contribution is -1.96. The Labute approximate surface area is 118 Å². The van der Waals surface area contributed by atoms with Gasteiger partial charge in [-0.15, -0.1) is 0 Å². The first-order valence-electron chi connectivity index (χ1n) is 6.22. The van der Waals surface area contributed by atoms with Crippen LogP contribution in [0.4, 0.5) is 0 Å². The maximum absolute atomic E-state index is 8.73. The summed E-state index contributed by atoms with van der Waals surface area (Å²) in [5, 5.41) is 8.73. The quantitative estimate of drug-likeness (QED) is 0.864. The minimum absolute atomic E-state index is 0.344. The summed E-state index contributed by atoms with van der Waals surface area (Å²) in [6, 6.07) is 17.0. The summed E-state index contributed by atoms with van der Waals surface area (Å²) in [6.45, 7) is 0.801. The molecule has 2 aromatic carbocycles. The molecule has 0 radical (unpaired) electrons. The molecule has 2 N–H and O–H groups in total. The Kier molecular flexibility index (Phi) is 4.78. The van der Waals surface area contributed by atoms with E-state index in [2.05, 4.69) is 17.9 Å². The topological polar surface area (TPSA) is 59.0 Å². The molecule has 2 aromatic rings. The molecular formula is C17H14N2O. The van der Waals surface area contributed by atoms with Gasteiger partial charge in [0, 0.05) is 5.56 Å². The summed E-state index contributed by atoms with van der Waals surface area (Å²) in [4.78, 5) is 0. The number of ether oxygens (including phenoxy) is 1. The van der Waals surface area contributed by atoms with E-state index in [1.54, 1.807) is 12.1 Å². The molecule has 0 aliphatic rings. The maximum Gasteiger partial charge on any atom is 0.121 e. The number of nitrogens with two attached hydrogens (primary N) is 1. The van der Waals surface area contributed by atoms with Crippen molar-refractivity contribution < 1.29 is 4.74 Å². The van der Waals surface area contributed by atoms with E-state index in [0.29, 0.717) is 18.7 Å². The van der Waals surface area contributed by atoms with Gasteiger partial charge in [0.25, 0.3) is 0 Å².